The predicted molar refractivity (Wildman–Crippen MR) is 112 cm³/mol. The lowest BCUT2D eigenvalue weighted by Gasteiger charge is -2.37. The number of ether oxygens (including phenoxy) is 1. The molecule has 0 unspecified atom stereocenters. The van der Waals surface area contributed by atoms with Crippen molar-refractivity contribution in [2.24, 2.45) is 0 Å². The minimum absolute atomic E-state index is 0.0198. The molecule has 0 bridgehead atoms. The summed E-state index contributed by atoms with van der Waals surface area (Å²) in [5.41, 5.74) is 1.24. The van der Waals surface area contributed by atoms with E-state index in [4.69, 9.17) is 4.74 Å². The van der Waals surface area contributed by atoms with Crippen LogP contribution in [0.3, 0.4) is 0 Å². The van der Waals surface area contributed by atoms with E-state index in [0.29, 0.717) is 5.69 Å². The summed E-state index contributed by atoms with van der Waals surface area (Å²) in [4.78, 5) is 26.0. The van der Waals surface area contributed by atoms with Crippen LogP contribution in [0.2, 0.25) is 0 Å². The standard InChI is InChI=1S/C23H26F2N2O4/c1-22(2,3)15-4-7-17(8-5-15)26-21(29)31-23(30)10-12-27(13-11-23)20(28)18-14-16(24)6-9-19(18)25/h4-9,14,30H,10-13H2,1-3H3,(H,26,29). The first-order chi connectivity index (χ1) is 14.5. The van der Waals surface area contributed by atoms with E-state index in [0.717, 1.165) is 23.8 Å². The third-order valence-corrected chi connectivity index (χ3v) is 5.27. The Morgan fingerprint density at radius 2 is 1.68 bits per heavy atom. The summed E-state index contributed by atoms with van der Waals surface area (Å²) >= 11 is 0. The second kappa shape index (κ2) is 8.63. The van der Waals surface area contributed by atoms with Crippen molar-refractivity contribution in [3.8, 4) is 0 Å². The highest BCUT2D eigenvalue weighted by Gasteiger charge is 2.38. The maximum atomic E-state index is 13.9. The molecular weight excluding hydrogens is 406 g/mol. The summed E-state index contributed by atoms with van der Waals surface area (Å²) in [6, 6.07) is 9.98. The van der Waals surface area contributed by atoms with E-state index >= 15 is 0 Å². The second-order valence-electron chi connectivity index (χ2n) is 8.70. The average Bonchev–Trinajstić information content (AvgIpc) is 2.69. The van der Waals surface area contributed by atoms with E-state index in [1.54, 1.807) is 12.1 Å². The number of halogens is 2. The van der Waals surface area contributed by atoms with Crippen LogP contribution in [0.25, 0.3) is 0 Å². The van der Waals surface area contributed by atoms with Crippen molar-refractivity contribution in [3.63, 3.8) is 0 Å². The van der Waals surface area contributed by atoms with Crippen molar-refractivity contribution in [1.29, 1.82) is 0 Å². The lowest BCUT2D eigenvalue weighted by Crippen LogP contribution is -2.49. The van der Waals surface area contributed by atoms with E-state index in [1.165, 1.54) is 4.90 Å². The number of anilines is 1. The summed E-state index contributed by atoms with van der Waals surface area (Å²) in [5.74, 6) is -3.97. The zero-order chi connectivity index (χ0) is 22.8. The normalized spacial score (nSPS) is 16.0. The Morgan fingerprint density at radius 1 is 1.06 bits per heavy atom. The Labute approximate surface area is 179 Å². The van der Waals surface area contributed by atoms with Gasteiger partial charge in [-0.05, 0) is 41.3 Å². The molecule has 2 aromatic carbocycles. The van der Waals surface area contributed by atoms with Crippen molar-refractivity contribution in [3.05, 3.63) is 65.2 Å². The van der Waals surface area contributed by atoms with Gasteiger partial charge in [-0.15, -0.1) is 0 Å². The minimum atomic E-state index is -1.76. The molecule has 6 nitrogen and oxygen atoms in total. The van der Waals surface area contributed by atoms with Gasteiger partial charge in [-0.25, -0.2) is 13.6 Å². The lowest BCUT2D eigenvalue weighted by atomic mass is 9.87. The highest BCUT2D eigenvalue weighted by Crippen LogP contribution is 2.27. The van der Waals surface area contributed by atoms with Gasteiger partial charge in [-0.2, -0.15) is 0 Å². The first-order valence-electron chi connectivity index (χ1n) is 10.0. The largest absolute Gasteiger partial charge is 0.417 e. The molecule has 31 heavy (non-hydrogen) atoms. The van der Waals surface area contributed by atoms with Crippen molar-refractivity contribution < 1.29 is 28.2 Å². The number of nitrogens with one attached hydrogen (secondary N) is 1. The van der Waals surface area contributed by atoms with Gasteiger partial charge in [0.05, 0.1) is 5.56 Å². The molecule has 1 aliphatic heterocycles. The number of carbonyl (C=O) groups excluding carboxylic acids is 2. The molecule has 166 valence electrons. The fourth-order valence-corrected chi connectivity index (χ4v) is 3.36. The van der Waals surface area contributed by atoms with Crippen molar-refractivity contribution in [1.82, 2.24) is 4.90 Å². The van der Waals surface area contributed by atoms with Crippen LogP contribution in [0.4, 0.5) is 19.3 Å². The van der Waals surface area contributed by atoms with Crippen molar-refractivity contribution in [2.75, 3.05) is 18.4 Å². The monoisotopic (exact) mass is 432 g/mol. The van der Waals surface area contributed by atoms with Crippen LogP contribution in [0.1, 0.15) is 49.5 Å². The summed E-state index contributed by atoms with van der Waals surface area (Å²) in [5, 5.41) is 13.2. The predicted octanol–water partition coefficient (Wildman–Crippen LogP) is 4.44. The van der Waals surface area contributed by atoms with Gasteiger partial charge in [0.15, 0.2) is 0 Å². The number of benzene rings is 2. The van der Waals surface area contributed by atoms with Gasteiger partial charge >= 0.3 is 6.09 Å². The Kier molecular flexibility index (Phi) is 6.31. The van der Waals surface area contributed by atoms with Crippen LogP contribution >= 0.6 is 0 Å². The topological polar surface area (TPSA) is 78.9 Å². The van der Waals surface area contributed by atoms with Crippen molar-refractivity contribution in [2.45, 2.75) is 44.8 Å². The molecule has 1 aliphatic rings. The summed E-state index contributed by atoms with van der Waals surface area (Å²) in [6.07, 6.45) is -0.917. The molecule has 1 fully saturated rings. The van der Waals surface area contributed by atoms with Crippen LogP contribution in [0.5, 0.6) is 0 Å². The average molecular weight is 432 g/mol. The summed E-state index contributed by atoms with van der Waals surface area (Å²) < 4.78 is 32.4. The lowest BCUT2D eigenvalue weighted by molar-refractivity contribution is -0.182. The van der Waals surface area contributed by atoms with Crippen LogP contribution in [-0.2, 0) is 10.2 Å². The fraction of sp³-hybridized carbons (Fsp3) is 0.391. The third-order valence-electron chi connectivity index (χ3n) is 5.27. The number of hydrogen-bond donors (Lipinski definition) is 2. The van der Waals surface area contributed by atoms with E-state index < -0.39 is 29.4 Å². The SMILES string of the molecule is CC(C)(C)c1ccc(NC(=O)OC2(O)CCN(C(=O)c3cc(F)ccc3F)CC2)cc1. The van der Waals surface area contributed by atoms with Gasteiger partial charge in [0.1, 0.15) is 11.6 Å². The molecule has 0 saturated carbocycles. The number of nitrogens with zero attached hydrogens (tertiary/aromatic N) is 1. The molecule has 2 aromatic rings. The second-order valence-corrected chi connectivity index (χ2v) is 8.70. The molecule has 0 atom stereocenters. The minimum Gasteiger partial charge on any atom is -0.417 e. The Bertz CT molecular complexity index is 963. The quantitative estimate of drug-likeness (QED) is 0.703. The molecule has 8 heteroatoms. The van der Waals surface area contributed by atoms with E-state index in [-0.39, 0.29) is 36.9 Å². The number of amides is 2. The van der Waals surface area contributed by atoms with E-state index in [9.17, 15) is 23.5 Å². The van der Waals surface area contributed by atoms with Crippen LogP contribution in [0, 0.1) is 11.6 Å². The molecule has 3 rings (SSSR count). The Balaban J connectivity index is 1.56. The molecule has 2 amide bonds. The zero-order valence-corrected chi connectivity index (χ0v) is 17.7. The highest BCUT2D eigenvalue weighted by molar-refractivity contribution is 5.94. The van der Waals surface area contributed by atoms with Crippen LogP contribution in [-0.4, -0.2) is 40.9 Å². The van der Waals surface area contributed by atoms with E-state index in [2.05, 4.69) is 26.1 Å². The van der Waals surface area contributed by atoms with Gasteiger partial charge in [0.2, 0.25) is 5.79 Å². The maximum Gasteiger partial charge on any atom is 0.414 e. The molecule has 0 radical (unpaired) electrons. The Hall–Kier alpha value is -3.00. The van der Waals surface area contributed by atoms with Gasteiger partial charge in [0.25, 0.3) is 5.91 Å². The van der Waals surface area contributed by atoms with Gasteiger partial charge < -0.3 is 14.7 Å². The van der Waals surface area contributed by atoms with Crippen LogP contribution < -0.4 is 5.32 Å². The molecular formula is C23H26F2N2O4. The molecule has 2 N–H and O–H groups in total. The molecule has 0 aromatic heterocycles. The third kappa shape index (κ3) is 5.58. The number of rotatable bonds is 3. The molecule has 1 saturated heterocycles. The number of aliphatic hydroxyl groups is 1. The maximum absolute atomic E-state index is 13.9. The first-order valence-corrected chi connectivity index (χ1v) is 10.0. The van der Waals surface area contributed by atoms with Gasteiger partial charge in [0, 0.05) is 31.6 Å². The Morgan fingerprint density at radius 3 is 2.26 bits per heavy atom. The number of likely N-dealkylation sites (tertiary alicyclic amines) is 1. The fourth-order valence-electron chi connectivity index (χ4n) is 3.36. The zero-order valence-electron chi connectivity index (χ0n) is 17.7. The summed E-state index contributed by atoms with van der Waals surface area (Å²) in [6.45, 7) is 6.30. The number of piperidine rings is 1. The van der Waals surface area contributed by atoms with Gasteiger partial charge in [-0.3, -0.25) is 10.1 Å². The van der Waals surface area contributed by atoms with E-state index in [1.807, 2.05) is 12.1 Å². The summed E-state index contributed by atoms with van der Waals surface area (Å²) in [7, 11) is 0. The van der Waals surface area contributed by atoms with Crippen molar-refractivity contribution >= 4 is 17.7 Å². The smallest absolute Gasteiger partial charge is 0.414 e. The van der Waals surface area contributed by atoms with Gasteiger partial charge in [-0.1, -0.05) is 32.9 Å². The molecule has 1 heterocycles. The molecule has 0 aliphatic carbocycles. The number of carbonyl (C=O) groups is 2. The highest BCUT2D eigenvalue weighted by atomic mass is 19.1. The first kappa shape index (κ1) is 22.7. The molecule has 0 spiro atoms. The van der Waals surface area contributed by atoms with Crippen LogP contribution in [0.15, 0.2) is 42.5 Å². The number of hydrogen-bond acceptors (Lipinski definition) is 4.